The molecule has 31 heavy (non-hydrogen) atoms. The molecule has 0 radical (unpaired) electrons. The minimum Gasteiger partial charge on any atom is -0.454 e. The second-order valence-electron chi connectivity index (χ2n) is 7.83. The summed E-state index contributed by atoms with van der Waals surface area (Å²) in [4.78, 5) is 27.5. The Labute approximate surface area is 184 Å². The third-order valence-electron chi connectivity index (χ3n) is 5.55. The zero-order valence-electron chi connectivity index (χ0n) is 18.4. The van der Waals surface area contributed by atoms with Crippen molar-refractivity contribution in [3.63, 3.8) is 0 Å². The molecule has 1 aliphatic heterocycles. The van der Waals surface area contributed by atoms with Crippen LogP contribution in [-0.4, -0.2) is 42.6 Å². The molecule has 0 saturated carbocycles. The number of hydrogen-bond donors (Lipinski definition) is 1. The second-order valence-corrected chi connectivity index (χ2v) is 7.83. The smallest absolute Gasteiger partial charge is 0.242 e. The summed E-state index contributed by atoms with van der Waals surface area (Å²) in [7, 11) is 0. The number of aryl methyl sites for hydroxylation is 1. The van der Waals surface area contributed by atoms with E-state index in [0.29, 0.717) is 32.4 Å². The van der Waals surface area contributed by atoms with Gasteiger partial charge in [-0.25, -0.2) is 0 Å². The molecular formula is C25H32N2O4. The molecule has 0 fully saturated rings. The predicted octanol–water partition coefficient (Wildman–Crippen LogP) is 3.72. The molecule has 0 aromatic heterocycles. The lowest BCUT2D eigenvalue weighted by Crippen LogP contribution is -2.49. The van der Waals surface area contributed by atoms with E-state index in [1.807, 2.05) is 55.5 Å². The molecule has 1 heterocycles. The Hall–Kier alpha value is -3.02. The number of fused-ring (bicyclic) bond motifs is 1. The highest BCUT2D eigenvalue weighted by molar-refractivity contribution is 5.87. The number of nitrogens with one attached hydrogen (secondary N) is 1. The molecular weight excluding hydrogens is 392 g/mol. The van der Waals surface area contributed by atoms with E-state index in [2.05, 4.69) is 12.2 Å². The first-order valence-corrected chi connectivity index (χ1v) is 11.1. The first kappa shape index (κ1) is 22.7. The summed E-state index contributed by atoms with van der Waals surface area (Å²) in [5, 5.41) is 2.96. The highest BCUT2D eigenvalue weighted by Crippen LogP contribution is 2.32. The van der Waals surface area contributed by atoms with Crippen LogP contribution in [0.4, 0.5) is 0 Å². The topological polar surface area (TPSA) is 67.9 Å². The van der Waals surface area contributed by atoms with Crippen LogP contribution in [0.3, 0.4) is 0 Å². The van der Waals surface area contributed by atoms with Gasteiger partial charge in [0.2, 0.25) is 18.6 Å². The Bertz CT molecular complexity index is 869. The average Bonchev–Trinajstić information content (AvgIpc) is 3.26. The summed E-state index contributed by atoms with van der Waals surface area (Å²) >= 11 is 0. The number of benzene rings is 2. The van der Waals surface area contributed by atoms with Crippen LogP contribution >= 0.6 is 0 Å². The third kappa shape index (κ3) is 6.48. The van der Waals surface area contributed by atoms with E-state index in [-0.39, 0.29) is 18.6 Å². The first-order valence-electron chi connectivity index (χ1n) is 11.1. The summed E-state index contributed by atoms with van der Waals surface area (Å²) in [5.41, 5.74) is 2.16. The van der Waals surface area contributed by atoms with Crippen LogP contribution in [0.1, 0.15) is 44.2 Å². The number of amides is 2. The van der Waals surface area contributed by atoms with Gasteiger partial charge in [0.25, 0.3) is 0 Å². The number of nitrogens with zero attached hydrogens (tertiary/aromatic N) is 1. The van der Waals surface area contributed by atoms with Gasteiger partial charge >= 0.3 is 0 Å². The van der Waals surface area contributed by atoms with E-state index in [0.717, 1.165) is 35.5 Å². The normalized spacial score (nSPS) is 13.0. The molecule has 1 N–H and O–H groups in total. The number of carbonyl (C=O) groups is 2. The van der Waals surface area contributed by atoms with E-state index in [1.54, 1.807) is 4.90 Å². The predicted molar refractivity (Wildman–Crippen MR) is 120 cm³/mol. The van der Waals surface area contributed by atoms with Gasteiger partial charge < -0.3 is 19.7 Å². The zero-order chi connectivity index (χ0) is 22.1. The molecule has 0 saturated heterocycles. The Morgan fingerprint density at radius 1 is 1.03 bits per heavy atom. The van der Waals surface area contributed by atoms with Crippen molar-refractivity contribution in [2.24, 2.45) is 0 Å². The number of carbonyl (C=O) groups excluding carboxylic acids is 2. The zero-order valence-corrected chi connectivity index (χ0v) is 18.4. The lowest BCUT2D eigenvalue weighted by atomic mass is 10.1. The van der Waals surface area contributed by atoms with Crippen LogP contribution in [0.25, 0.3) is 0 Å². The minimum absolute atomic E-state index is 0.0215. The molecule has 0 aliphatic carbocycles. The van der Waals surface area contributed by atoms with Gasteiger partial charge in [0.15, 0.2) is 11.5 Å². The number of hydrogen-bond acceptors (Lipinski definition) is 4. The van der Waals surface area contributed by atoms with E-state index >= 15 is 0 Å². The van der Waals surface area contributed by atoms with Crippen LogP contribution in [0.15, 0.2) is 48.5 Å². The van der Waals surface area contributed by atoms with Gasteiger partial charge in [-0.05, 0) is 49.4 Å². The van der Waals surface area contributed by atoms with Gasteiger partial charge in [-0.2, -0.15) is 0 Å². The molecule has 6 nitrogen and oxygen atoms in total. The fourth-order valence-corrected chi connectivity index (χ4v) is 3.60. The molecule has 1 aliphatic rings. The monoisotopic (exact) mass is 424 g/mol. The van der Waals surface area contributed by atoms with E-state index in [9.17, 15) is 9.59 Å². The summed E-state index contributed by atoms with van der Waals surface area (Å²) in [6.45, 7) is 5.27. The average molecular weight is 425 g/mol. The molecule has 1 unspecified atom stereocenters. The maximum atomic E-state index is 13.1. The molecule has 2 amide bonds. The van der Waals surface area contributed by atoms with Crippen LogP contribution in [0.2, 0.25) is 0 Å². The first-order chi connectivity index (χ1) is 15.1. The summed E-state index contributed by atoms with van der Waals surface area (Å²) < 4.78 is 10.8. The Morgan fingerprint density at radius 3 is 2.58 bits per heavy atom. The van der Waals surface area contributed by atoms with Crippen molar-refractivity contribution in [3.05, 3.63) is 59.7 Å². The number of ether oxygens (including phenoxy) is 2. The van der Waals surface area contributed by atoms with Crippen molar-refractivity contribution < 1.29 is 19.1 Å². The van der Waals surface area contributed by atoms with Crippen molar-refractivity contribution in [3.8, 4) is 11.5 Å². The van der Waals surface area contributed by atoms with Gasteiger partial charge in [0.1, 0.15) is 6.04 Å². The molecule has 0 spiro atoms. The van der Waals surface area contributed by atoms with Crippen LogP contribution in [0, 0.1) is 0 Å². The van der Waals surface area contributed by atoms with Crippen molar-refractivity contribution in [2.45, 2.75) is 52.0 Å². The van der Waals surface area contributed by atoms with Crippen molar-refractivity contribution in [1.29, 1.82) is 0 Å². The van der Waals surface area contributed by atoms with Gasteiger partial charge in [-0.3, -0.25) is 9.59 Å². The second kappa shape index (κ2) is 11.4. The molecule has 2 aromatic carbocycles. The summed E-state index contributed by atoms with van der Waals surface area (Å²) in [6.07, 6.45) is 3.58. The van der Waals surface area contributed by atoms with Gasteiger partial charge in [0, 0.05) is 19.5 Å². The molecule has 166 valence electrons. The number of unbranched alkanes of at least 4 members (excludes halogenated alkanes) is 1. The van der Waals surface area contributed by atoms with Gasteiger partial charge in [-0.15, -0.1) is 0 Å². The van der Waals surface area contributed by atoms with Crippen molar-refractivity contribution in [2.75, 3.05) is 19.9 Å². The molecule has 2 aromatic rings. The Balaban J connectivity index is 1.63. The van der Waals surface area contributed by atoms with Gasteiger partial charge in [0.05, 0.1) is 0 Å². The standard InChI is InChI=1S/C25H32N2O4/c1-3-4-15-26-25(29)19(2)27(16-14-20-8-6-5-7-9-20)24(28)13-11-21-10-12-22-23(17-21)31-18-30-22/h5-10,12,17,19H,3-4,11,13-16,18H2,1-2H3,(H,26,29). The van der Waals surface area contributed by atoms with Crippen molar-refractivity contribution >= 4 is 11.8 Å². The number of rotatable bonds is 11. The molecule has 6 heteroatoms. The fraction of sp³-hybridized carbons (Fsp3) is 0.440. The lowest BCUT2D eigenvalue weighted by molar-refractivity contribution is -0.139. The SMILES string of the molecule is CCCCNC(=O)C(C)N(CCc1ccccc1)C(=O)CCc1ccc2c(c1)OCO2. The van der Waals surface area contributed by atoms with E-state index < -0.39 is 6.04 Å². The summed E-state index contributed by atoms with van der Waals surface area (Å²) in [6, 6.07) is 15.3. The van der Waals surface area contributed by atoms with Crippen LogP contribution < -0.4 is 14.8 Å². The molecule has 3 rings (SSSR count). The third-order valence-corrected chi connectivity index (χ3v) is 5.55. The van der Waals surface area contributed by atoms with E-state index in [4.69, 9.17) is 9.47 Å². The summed E-state index contributed by atoms with van der Waals surface area (Å²) in [5.74, 6) is 1.33. The molecule has 0 bridgehead atoms. The maximum Gasteiger partial charge on any atom is 0.242 e. The van der Waals surface area contributed by atoms with Crippen LogP contribution in [0.5, 0.6) is 11.5 Å². The Morgan fingerprint density at radius 2 is 1.81 bits per heavy atom. The molecule has 1 atom stereocenters. The maximum absolute atomic E-state index is 13.1. The highest BCUT2D eigenvalue weighted by Gasteiger charge is 2.25. The Kier molecular flexibility index (Phi) is 8.33. The van der Waals surface area contributed by atoms with Crippen LogP contribution in [-0.2, 0) is 22.4 Å². The minimum atomic E-state index is -0.509. The lowest BCUT2D eigenvalue weighted by Gasteiger charge is -2.29. The largest absolute Gasteiger partial charge is 0.454 e. The quantitative estimate of drug-likeness (QED) is 0.558. The van der Waals surface area contributed by atoms with E-state index in [1.165, 1.54) is 0 Å². The van der Waals surface area contributed by atoms with Crippen molar-refractivity contribution in [1.82, 2.24) is 10.2 Å². The van der Waals surface area contributed by atoms with Gasteiger partial charge in [-0.1, -0.05) is 49.7 Å². The highest BCUT2D eigenvalue weighted by atomic mass is 16.7. The fourth-order valence-electron chi connectivity index (χ4n) is 3.60.